The summed E-state index contributed by atoms with van der Waals surface area (Å²) in [7, 11) is 1.66. The average Bonchev–Trinajstić information content (AvgIpc) is 2.51. The largest absolute Gasteiger partial charge is 0.489 e. The van der Waals surface area contributed by atoms with Crippen molar-refractivity contribution in [2.24, 2.45) is 0 Å². The van der Waals surface area contributed by atoms with Gasteiger partial charge in [0.25, 0.3) is 5.91 Å². The summed E-state index contributed by atoms with van der Waals surface area (Å²) in [5.74, 6) is 0.0233. The Morgan fingerprint density at radius 2 is 2.28 bits per heavy atom. The van der Waals surface area contributed by atoms with Crippen LogP contribution in [0.4, 0.5) is 5.69 Å². The van der Waals surface area contributed by atoms with E-state index in [2.05, 4.69) is 11.9 Å². The highest BCUT2D eigenvalue weighted by Gasteiger charge is 2.29. The number of fused-ring (bicyclic) bond motifs is 1. The van der Waals surface area contributed by atoms with Gasteiger partial charge in [0.2, 0.25) is 5.91 Å². The van der Waals surface area contributed by atoms with Gasteiger partial charge < -0.3 is 15.0 Å². The minimum Gasteiger partial charge on any atom is -0.489 e. The molecule has 0 unspecified atom stereocenters. The third-order valence-electron chi connectivity index (χ3n) is 2.76. The molecule has 1 aliphatic heterocycles. The topological polar surface area (TPSA) is 58.6 Å². The summed E-state index contributed by atoms with van der Waals surface area (Å²) in [4.78, 5) is 24.9. The van der Waals surface area contributed by atoms with Crippen LogP contribution in [-0.4, -0.2) is 31.5 Å². The highest BCUT2D eigenvalue weighted by molar-refractivity contribution is 6.01. The minimum atomic E-state index is -0.701. The number of hydrogen-bond donors (Lipinski definition) is 1. The molecule has 0 radical (unpaired) electrons. The molecular weight excluding hydrogens is 232 g/mol. The van der Waals surface area contributed by atoms with Crippen LogP contribution in [0.3, 0.4) is 0 Å². The van der Waals surface area contributed by atoms with Crippen molar-refractivity contribution in [1.29, 1.82) is 0 Å². The van der Waals surface area contributed by atoms with Crippen LogP contribution in [0.5, 0.6) is 5.75 Å². The van der Waals surface area contributed by atoms with Gasteiger partial charge in [0.15, 0.2) is 0 Å². The first kappa shape index (κ1) is 12.2. The van der Waals surface area contributed by atoms with Crippen LogP contribution >= 0.6 is 0 Å². The first-order valence-electron chi connectivity index (χ1n) is 5.56. The van der Waals surface area contributed by atoms with Crippen molar-refractivity contribution in [3.05, 3.63) is 36.9 Å². The summed E-state index contributed by atoms with van der Waals surface area (Å²) in [5.41, 5.74) is 0.692. The van der Waals surface area contributed by atoms with Crippen LogP contribution in [0.15, 0.2) is 36.9 Å². The summed E-state index contributed by atoms with van der Waals surface area (Å²) < 4.78 is 5.54. The number of ether oxygens (including phenoxy) is 1. The van der Waals surface area contributed by atoms with E-state index >= 15 is 0 Å². The van der Waals surface area contributed by atoms with Gasteiger partial charge in [0.1, 0.15) is 18.4 Å². The second-order valence-electron chi connectivity index (χ2n) is 3.94. The number of rotatable bonds is 2. The number of anilines is 1. The predicted molar refractivity (Wildman–Crippen MR) is 67.5 cm³/mol. The van der Waals surface area contributed by atoms with Crippen LogP contribution in [0, 0.1) is 0 Å². The number of likely N-dealkylation sites (N-methyl/N-ethyl adjacent to an activating group) is 1. The lowest BCUT2D eigenvalue weighted by Gasteiger charge is -2.19. The van der Waals surface area contributed by atoms with Crippen LogP contribution in [0.1, 0.15) is 0 Å². The van der Waals surface area contributed by atoms with Gasteiger partial charge in [-0.05, 0) is 18.2 Å². The van der Waals surface area contributed by atoms with Gasteiger partial charge in [-0.3, -0.25) is 9.59 Å². The summed E-state index contributed by atoms with van der Waals surface area (Å²) >= 11 is 0. The maximum Gasteiger partial charge on any atom is 0.252 e. The van der Waals surface area contributed by atoms with Crippen LogP contribution in [-0.2, 0) is 9.59 Å². The Labute approximate surface area is 105 Å². The molecule has 1 aromatic carbocycles. The molecule has 1 aromatic rings. The fourth-order valence-corrected chi connectivity index (χ4v) is 1.79. The zero-order valence-corrected chi connectivity index (χ0v) is 10.1. The van der Waals surface area contributed by atoms with E-state index in [4.69, 9.17) is 4.74 Å². The molecule has 2 amide bonds. The third-order valence-corrected chi connectivity index (χ3v) is 2.76. The molecule has 1 aliphatic rings. The zero-order valence-electron chi connectivity index (χ0n) is 10.1. The highest BCUT2D eigenvalue weighted by Crippen LogP contribution is 2.29. The quantitative estimate of drug-likeness (QED) is 0.782. The molecule has 1 atom stereocenters. The molecule has 0 bridgehead atoms. The number of para-hydroxylation sites is 2. The Hall–Kier alpha value is -2.30. The van der Waals surface area contributed by atoms with Crippen LogP contribution < -0.4 is 15.0 Å². The molecule has 0 fully saturated rings. The van der Waals surface area contributed by atoms with Gasteiger partial charge in [-0.1, -0.05) is 18.7 Å². The first-order valence-corrected chi connectivity index (χ1v) is 5.56. The maximum atomic E-state index is 12.2. The number of nitrogens with zero attached hydrogens (tertiary/aromatic N) is 1. The van der Waals surface area contributed by atoms with Crippen molar-refractivity contribution in [3.8, 4) is 5.75 Å². The Bertz CT molecular complexity index is 499. The van der Waals surface area contributed by atoms with Gasteiger partial charge in [-0.25, -0.2) is 0 Å². The number of carbonyl (C=O) groups excluding carboxylic acids is 2. The van der Waals surface area contributed by atoms with E-state index in [-0.39, 0.29) is 12.5 Å². The monoisotopic (exact) mass is 246 g/mol. The molecule has 5 heteroatoms. The number of benzene rings is 1. The van der Waals surface area contributed by atoms with Gasteiger partial charge in [-0.2, -0.15) is 0 Å². The molecule has 1 heterocycles. The molecule has 2 rings (SSSR count). The van der Waals surface area contributed by atoms with Crippen LogP contribution in [0.2, 0.25) is 0 Å². The van der Waals surface area contributed by atoms with Gasteiger partial charge in [-0.15, -0.1) is 0 Å². The summed E-state index contributed by atoms with van der Waals surface area (Å²) in [5, 5.41) is 2.55. The maximum absolute atomic E-state index is 12.2. The Kier molecular flexibility index (Phi) is 3.32. The summed E-state index contributed by atoms with van der Waals surface area (Å²) in [6, 6.07) is 6.55. The molecule has 18 heavy (non-hydrogen) atoms. The van der Waals surface area contributed by atoms with Gasteiger partial charge >= 0.3 is 0 Å². The second kappa shape index (κ2) is 4.91. The predicted octanol–water partition coefficient (Wildman–Crippen LogP) is 0.713. The van der Waals surface area contributed by atoms with Gasteiger partial charge in [0, 0.05) is 7.05 Å². The summed E-state index contributed by atoms with van der Waals surface area (Å²) in [6.45, 7) is 3.47. The van der Waals surface area contributed by atoms with Crippen molar-refractivity contribution in [2.45, 2.75) is 6.04 Å². The second-order valence-corrected chi connectivity index (χ2v) is 3.94. The molecule has 0 aromatic heterocycles. The molecule has 0 spiro atoms. The number of carbonyl (C=O) groups is 2. The Balaban J connectivity index is 2.25. The number of nitrogens with one attached hydrogen (secondary N) is 1. The van der Waals surface area contributed by atoms with E-state index in [9.17, 15) is 9.59 Å². The van der Waals surface area contributed by atoms with Crippen molar-refractivity contribution >= 4 is 17.5 Å². The minimum absolute atomic E-state index is 0.111. The van der Waals surface area contributed by atoms with E-state index < -0.39 is 11.9 Å². The SMILES string of the molecule is C=CC(=O)N[C@H]1COc2ccccc2N(C)C1=O. The molecule has 0 saturated heterocycles. The molecule has 0 saturated carbocycles. The van der Waals surface area contributed by atoms with Gasteiger partial charge in [0.05, 0.1) is 5.69 Å². The molecule has 1 N–H and O–H groups in total. The number of hydrogen-bond acceptors (Lipinski definition) is 3. The van der Waals surface area contributed by atoms with Crippen molar-refractivity contribution < 1.29 is 14.3 Å². The van der Waals surface area contributed by atoms with E-state index in [1.807, 2.05) is 12.1 Å². The van der Waals surface area contributed by atoms with Crippen molar-refractivity contribution in [3.63, 3.8) is 0 Å². The molecule has 94 valence electrons. The van der Waals surface area contributed by atoms with E-state index in [1.54, 1.807) is 19.2 Å². The fraction of sp³-hybridized carbons (Fsp3) is 0.231. The van der Waals surface area contributed by atoms with E-state index in [1.165, 1.54) is 4.90 Å². The summed E-state index contributed by atoms with van der Waals surface area (Å²) in [6.07, 6.45) is 1.13. The third kappa shape index (κ3) is 2.20. The molecule has 5 nitrogen and oxygen atoms in total. The van der Waals surface area contributed by atoms with Crippen LogP contribution in [0.25, 0.3) is 0 Å². The smallest absolute Gasteiger partial charge is 0.252 e. The zero-order chi connectivity index (χ0) is 13.1. The Morgan fingerprint density at radius 3 is 3.00 bits per heavy atom. The van der Waals surface area contributed by atoms with Crippen molar-refractivity contribution in [2.75, 3.05) is 18.6 Å². The highest BCUT2D eigenvalue weighted by atomic mass is 16.5. The lowest BCUT2D eigenvalue weighted by molar-refractivity contribution is -0.125. The number of amides is 2. The normalized spacial score (nSPS) is 18.4. The lowest BCUT2D eigenvalue weighted by atomic mass is 10.2. The Morgan fingerprint density at radius 1 is 1.56 bits per heavy atom. The van der Waals surface area contributed by atoms with Crippen molar-refractivity contribution in [1.82, 2.24) is 5.32 Å². The standard InChI is InChI=1S/C13H14N2O3/c1-3-12(16)14-9-8-18-11-7-5-4-6-10(11)15(2)13(9)17/h3-7,9H,1,8H2,2H3,(H,14,16)/t9-/m0/s1. The fourth-order valence-electron chi connectivity index (χ4n) is 1.79. The van der Waals surface area contributed by atoms with E-state index in [0.29, 0.717) is 11.4 Å². The first-order chi connectivity index (χ1) is 8.63. The molecule has 0 aliphatic carbocycles. The average molecular weight is 246 g/mol. The van der Waals surface area contributed by atoms with E-state index in [0.717, 1.165) is 6.08 Å². The molecular formula is C13H14N2O3. The lowest BCUT2D eigenvalue weighted by Crippen LogP contribution is -2.48.